The summed E-state index contributed by atoms with van der Waals surface area (Å²) in [4.78, 5) is 62.7. The lowest BCUT2D eigenvalue weighted by atomic mass is 10.1. The molecule has 37 heavy (non-hydrogen) atoms. The Morgan fingerprint density at radius 1 is 1.14 bits per heavy atom. The van der Waals surface area contributed by atoms with Crippen molar-refractivity contribution in [2.45, 2.75) is 51.6 Å². The van der Waals surface area contributed by atoms with Crippen molar-refractivity contribution in [1.82, 2.24) is 30.6 Å². The second-order valence-electron chi connectivity index (χ2n) is 8.38. The molecule has 3 aromatic rings. The van der Waals surface area contributed by atoms with Crippen molar-refractivity contribution in [2.75, 3.05) is 17.6 Å². The Bertz CT molecular complexity index is 1310. The number of carboxylic acids is 1. The number of carbonyl (C=O) groups excluding carboxylic acids is 2. The van der Waals surface area contributed by atoms with Gasteiger partial charge in [0.15, 0.2) is 11.2 Å². The Kier molecular flexibility index (Phi) is 9.47. The summed E-state index contributed by atoms with van der Waals surface area (Å²) in [5.41, 5.74) is 6.65. The molecule has 1 aromatic carbocycles. The Morgan fingerprint density at radius 2 is 1.89 bits per heavy atom. The number of aliphatic carboxylic acids is 1. The third kappa shape index (κ3) is 7.98. The first kappa shape index (κ1) is 27.0. The Morgan fingerprint density at radius 3 is 2.59 bits per heavy atom. The number of nitrogens with one attached hydrogen (secondary N) is 4. The second kappa shape index (κ2) is 13.0. The zero-order chi connectivity index (χ0) is 26.8. The zero-order valence-corrected chi connectivity index (χ0v) is 20.4. The lowest BCUT2D eigenvalue weighted by Crippen LogP contribution is -2.41. The van der Waals surface area contributed by atoms with Crippen LogP contribution < -0.4 is 27.2 Å². The number of nitrogens with two attached hydrogens (primary N) is 1. The van der Waals surface area contributed by atoms with E-state index in [0.29, 0.717) is 17.9 Å². The summed E-state index contributed by atoms with van der Waals surface area (Å²) in [7, 11) is 0. The van der Waals surface area contributed by atoms with Gasteiger partial charge in [0, 0.05) is 24.2 Å². The molecule has 0 radical (unpaired) electrons. The van der Waals surface area contributed by atoms with E-state index in [4.69, 9.17) is 5.73 Å². The Balaban J connectivity index is 1.52. The van der Waals surface area contributed by atoms with Gasteiger partial charge in [-0.05, 0) is 37.1 Å². The number of unbranched alkanes of at least 4 members (excludes halogenated alkanes) is 2. The minimum Gasteiger partial charge on any atom is -0.480 e. The van der Waals surface area contributed by atoms with Gasteiger partial charge in [-0.2, -0.15) is 4.98 Å². The number of hydrogen-bond donors (Lipinski definition) is 6. The molecule has 3 rings (SSSR count). The van der Waals surface area contributed by atoms with Crippen LogP contribution in [-0.4, -0.2) is 55.4 Å². The maximum Gasteiger partial charge on any atom is 0.326 e. The van der Waals surface area contributed by atoms with E-state index in [-0.39, 0.29) is 48.0 Å². The van der Waals surface area contributed by atoms with E-state index in [2.05, 4.69) is 42.8 Å². The van der Waals surface area contributed by atoms with Crippen molar-refractivity contribution in [1.29, 1.82) is 0 Å². The predicted octanol–water partition coefficient (Wildman–Crippen LogP) is 1.18. The van der Waals surface area contributed by atoms with E-state index in [1.807, 2.05) is 0 Å². The quantitative estimate of drug-likeness (QED) is 0.181. The number of anilines is 2. The number of carbonyl (C=O) groups is 3. The van der Waals surface area contributed by atoms with Crippen LogP contribution >= 0.6 is 0 Å². The minimum atomic E-state index is -1.21. The first-order valence-electron chi connectivity index (χ1n) is 11.9. The summed E-state index contributed by atoms with van der Waals surface area (Å²) in [6, 6.07) is 5.20. The second-order valence-corrected chi connectivity index (χ2v) is 8.38. The zero-order valence-electron chi connectivity index (χ0n) is 20.4. The van der Waals surface area contributed by atoms with Crippen molar-refractivity contribution in [2.24, 2.45) is 0 Å². The summed E-state index contributed by atoms with van der Waals surface area (Å²) in [6.07, 6.45) is 4.37. The van der Waals surface area contributed by atoms with Gasteiger partial charge in [0.05, 0.1) is 18.4 Å². The van der Waals surface area contributed by atoms with Crippen LogP contribution in [0.5, 0.6) is 0 Å². The molecule has 196 valence electrons. The molecule has 0 saturated heterocycles. The van der Waals surface area contributed by atoms with Crippen molar-refractivity contribution in [3.63, 3.8) is 0 Å². The van der Waals surface area contributed by atoms with Crippen LogP contribution in [0.3, 0.4) is 0 Å². The van der Waals surface area contributed by atoms with Crippen LogP contribution in [0.15, 0.2) is 35.3 Å². The number of benzene rings is 1. The van der Waals surface area contributed by atoms with Gasteiger partial charge in [-0.15, -0.1) is 0 Å². The highest BCUT2D eigenvalue weighted by molar-refractivity contribution is 5.97. The van der Waals surface area contributed by atoms with Crippen molar-refractivity contribution in [3.05, 3.63) is 52.1 Å². The summed E-state index contributed by atoms with van der Waals surface area (Å²) < 4.78 is 0. The number of nitrogens with zero attached hydrogens (tertiary/aromatic N) is 3. The van der Waals surface area contributed by atoms with Crippen molar-refractivity contribution < 1.29 is 19.5 Å². The number of fused-ring (bicyclic) bond motifs is 1. The monoisotopic (exact) mass is 510 g/mol. The smallest absolute Gasteiger partial charge is 0.326 e. The highest BCUT2D eigenvalue weighted by Gasteiger charge is 2.21. The fourth-order valence-electron chi connectivity index (χ4n) is 3.45. The van der Waals surface area contributed by atoms with E-state index in [1.165, 1.54) is 6.20 Å². The summed E-state index contributed by atoms with van der Waals surface area (Å²) in [5, 5.41) is 17.8. The van der Waals surface area contributed by atoms with E-state index < -0.39 is 23.5 Å². The van der Waals surface area contributed by atoms with Gasteiger partial charge in [-0.1, -0.05) is 19.8 Å². The fraction of sp³-hybridized carbons (Fsp3) is 0.375. The third-order valence-corrected chi connectivity index (χ3v) is 5.47. The third-order valence-electron chi connectivity index (χ3n) is 5.47. The molecule has 13 heteroatoms. The number of aromatic nitrogens is 4. The lowest BCUT2D eigenvalue weighted by Gasteiger charge is -2.15. The SMILES string of the molecule is CCCCCNC(=O)CC[C@H](NC(=O)c1ccc(NCc2cnc3nc(N)[nH]c(=O)c3n2)cc1)C(=O)O. The van der Waals surface area contributed by atoms with E-state index in [0.717, 1.165) is 19.3 Å². The molecule has 13 nitrogen and oxygen atoms in total. The topological polar surface area (TPSA) is 205 Å². The Labute approximate surface area is 212 Å². The van der Waals surface area contributed by atoms with Crippen LogP contribution in [0, 0.1) is 0 Å². The molecule has 7 N–H and O–H groups in total. The van der Waals surface area contributed by atoms with Crippen LogP contribution in [0.2, 0.25) is 0 Å². The maximum atomic E-state index is 12.6. The molecule has 2 heterocycles. The molecule has 2 amide bonds. The molecule has 2 aromatic heterocycles. The molecule has 0 aliphatic carbocycles. The van der Waals surface area contributed by atoms with Gasteiger partial charge in [-0.3, -0.25) is 19.4 Å². The highest BCUT2D eigenvalue weighted by atomic mass is 16.4. The number of aromatic amines is 1. The molecule has 0 unspecified atom stereocenters. The number of H-pyrrole nitrogens is 1. The molecule has 0 fully saturated rings. The van der Waals surface area contributed by atoms with Gasteiger partial charge >= 0.3 is 5.97 Å². The highest BCUT2D eigenvalue weighted by Crippen LogP contribution is 2.12. The molecule has 0 aliphatic heterocycles. The normalized spacial score (nSPS) is 11.6. The van der Waals surface area contributed by atoms with Gasteiger partial charge in [-0.25, -0.2) is 14.8 Å². The summed E-state index contributed by atoms with van der Waals surface area (Å²) in [5.74, 6) is -2.06. The molecular formula is C24H30N8O5. The fourth-order valence-corrected chi connectivity index (χ4v) is 3.45. The molecule has 0 aliphatic rings. The molecule has 0 spiro atoms. The van der Waals surface area contributed by atoms with Gasteiger partial charge in [0.2, 0.25) is 11.9 Å². The summed E-state index contributed by atoms with van der Waals surface area (Å²) in [6.45, 7) is 2.86. The van der Waals surface area contributed by atoms with Crippen LogP contribution in [0.1, 0.15) is 55.1 Å². The first-order chi connectivity index (χ1) is 17.8. The van der Waals surface area contributed by atoms with E-state index >= 15 is 0 Å². The average Bonchev–Trinajstić information content (AvgIpc) is 2.88. The van der Waals surface area contributed by atoms with Crippen LogP contribution in [0.4, 0.5) is 11.6 Å². The van der Waals surface area contributed by atoms with Crippen LogP contribution in [0.25, 0.3) is 11.2 Å². The number of carboxylic acid groups (broad SMARTS) is 1. The molecular weight excluding hydrogens is 480 g/mol. The molecule has 0 bridgehead atoms. The van der Waals surface area contributed by atoms with Gasteiger partial charge in [0.25, 0.3) is 11.5 Å². The molecule has 1 atom stereocenters. The number of rotatable bonds is 13. The van der Waals surface area contributed by atoms with Crippen molar-refractivity contribution in [3.8, 4) is 0 Å². The summed E-state index contributed by atoms with van der Waals surface area (Å²) >= 11 is 0. The number of nitrogen functional groups attached to an aromatic ring is 1. The molecule has 0 saturated carbocycles. The standard InChI is InChI=1S/C24H30N8O5/c1-2-3-4-11-26-18(33)10-9-17(23(36)37)30-21(34)14-5-7-15(8-6-14)27-12-16-13-28-20-19(29-16)22(35)32-24(25)31-20/h5-8,13,17,27H,2-4,9-12H2,1H3,(H,26,33)(H,30,34)(H,36,37)(H3,25,28,31,32,35)/t17-/m0/s1. The average molecular weight is 511 g/mol. The number of hydrogen-bond acceptors (Lipinski definition) is 9. The van der Waals surface area contributed by atoms with E-state index in [9.17, 15) is 24.3 Å². The largest absolute Gasteiger partial charge is 0.480 e. The minimum absolute atomic E-state index is 0.000784. The number of amides is 2. The first-order valence-corrected chi connectivity index (χ1v) is 11.9. The Hall–Kier alpha value is -4.55. The van der Waals surface area contributed by atoms with E-state index in [1.54, 1.807) is 24.3 Å². The maximum absolute atomic E-state index is 12.6. The lowest BCUT2D eigenvalue weighted by molar-refractivity contribution is -0.139. The van der Waals surface area contributed by atoms with Gasteiger partial charge < -0.3 is 26.8 Å². The van der Waals surface area contributed by atoms with Crippen LogP contribution in [-0.2, 0) is 16.1 Å². The van der Waals surface area contributed by atoms with Gasteiger partial charge in [0.1, 0.15) is 6.04 Å². The van der Waals surface area contributed by atoms with Crippen molar-refractivity contribution >= 4 is 40.6 Å². The predicted molar refractivity (Wildman–Crippen MR) is 137 cm³/mol.